The first-order valence-corrected chi connectivity index (χ1v) is 6.89. The molecule has 1 aromatic heterocycles. The van der Waals surface area contributed by atoms with Crippen molar-refractivity contribution in [3.05, 3.63) is 41.4 Å². The van der Waals surface area contributed by atoms with Crippen LogP contribution in [-0.2, 0) is 4.84 Å². The van der Waals surface area contributed by atoms with Crippen LogP contribution in [0.1, 0.15) is 19.3 Å². The SMILES string of the molecule is C[N+](=O)OCCCCCNc1ccnc2ccccc12. The topological polar surface area (TPSA) is 54.2 Å². The second kappa shape index (κ2) is 7.43. The molecule has 5 nitrogen and oxygen atoms in total. The average Bonchev–Trinajstić information content (AvgIpc) is 2.46. The molecule has 0 saturated carbocycles. The van der Waals surface area contributed by atoms with Crippen molar-refractivity contribution in [2.75, 3.05) is 25.5 Å². The van der Waals surface area contributed by atoms with Crippen LogP contribution >= 0.6 is 0 Å². The summed E-state index contributed by atoms with van der Waals surface area (Å²) in [4.78, 5) is 20.2. The Morgan fingerprint density at radius 1 is 1.20 bits per heavy atom. The summed E-state index contributed by atoms with van der Waals surface area (Å²) >= 11 is 0. The summed E-state index contributed by atoms with van der Waals surface area (Å²) in [5, 5.41) is 4.58. The van der Waals surface area contributed by atoms with E-state index in [9.17, 15) is 4.91 Å². The van der Waals surface area contributed by atoms with Crippen LogP contribution in [0.4, 0.5) is 5.69 Å². The summed E-state index contributed by atoms with van der Waals surface area (Å²) in [5.74, 6) is 0. The van der Waals surface area contributed by atoms with Gasteiger partial charge in [-0.15, -0.1) is 0 Å². The third-order valence-corrected chi connectivity index (χ3v) is 3.06. The van der Waals surface area contributed by atoms with Crippen LogP contribution in [0.2, 0.25) is 0 Å². The monoisotopic (exact) mass is 274 g/mol. The van der Waals surface area contributed by atoms with Crippen LogP contribution < -0.4 is 5.32 Å². The second-order valence-electron chi connectivity index (χ2n) is 4.64. The first-order valence-electron chi connectivity index (χ1n) is 6.89. The van der Waals surface area contributed by atoms with Crippen molar-refractivity contribution in [2.45, 2.75) is 19.3 Å². The lowest BCUT2D eigenvalue weighted by Crippen LogP contribution is -2.05. The Balaban J connectivity index is 1.75. The van der Waals surface area contributed by atoms with Gasteiger partial charge >= 0.3 is 0 Å². The predicted octanol–water partition coefficient (Wildman–Crippen LogP) is 3.16. The van der Waals surface area contributed by atoms with Gasteiger partial charge in [0.05, 0.1) is 10.4 Å². The van der Waals surface area contributed by atoms with Gasteiger partial charge in [-0.1, -0.05) is 18.2 Å². The smallest absolute Gasteiger partial charge is 0.239 e. The highest BCUT2D eigenvalue weighted by atomic mass is 16.8. The Hall–Kier alpha value is -2.17. The second-order valence-corrected chi connectivity index (χ2v) is 4.64. The Morgan fingerprint density at radius 2 is 2.05 bits per heavy atom. The summed E-state index contributed by atoms with van der Waals surface area (Å²) in [5.41, 5.74) is 2.12. The van der Waals surface area contributed by atoms with Gasteiger partial charge in [0.2, 0.25) is 12.0 Å². The average molecular weight is 274 g/mol. The number of pyridine rings is 1. The van der Waals surface area contributed by atoms with Crippen molar-refractivity contribution >= 4 is 16.6 Å². The molecule has 0 saturated heterocycles. The number of para-hydroxylation sites is 1. The highest BCUT2D eigenvalue weighted by Crippen LogP contribution is 2.20. The molecule has 0 aliphatic carbocycles. The number of unbranched alkanes of at least 4 members (excludes halogenated alkanes) is 2. The van der Waals surface area contributed by atoms with E-state index in [1.165, 1.54) is 7.05 Å². The van der Waals surface area contributed by atoms with E-state index < -0.39 is 0 Å². The van der Waals surface area contributed by atoms with Gasteiger partial charge in [-0.3, -0.25) is 4.98 Å². The first kappa shape index (κ1) is 14.2. The number of hydrogen-bond donors (Lipinski definition) is 1. The van der Waals surface area contributed by atoms with Crippen molar-refractivity contribution in [1.29, 1.82) is 0 Å². The van der Waals surface area contributed by atoms with Crippen LogP contribution in [0.15, 0.2) is 36.5 Å². The predicted molar refractivity (Wildman–Crippen MR) is 79.6 cm³/mol. The third kappa shape index (κ3) is 4.19. The lowest BCUT2D eigenvalue weighted by atomic mass is 10.2. The molecule has 20 heavy (non-hydrogen) atoms. The standard InChI is InChI=1S/C15H20N3O2/c1-18(19)20-12-6-2-5-10-16-15-9-11-17-14-8-4-3-7-13(14)15/h3-4,7-9,11H,2,5-6,10,12H2,1H3,(H,16,17)/q+1. The number of rotatable bonds is 8. The number of nitrogens with zero attached hydrogens (tertiary/aromatic N) is 2. The fourth-order valence-corrected chi connectivity index (χ4v) is 2.07. The van der Waals surface area contributed by atoms with Gasteiger partial charge in [-0.05, 0) is 31.4 Å². The van der Waals surface area contributed by atoms with Crippen LogP contribution in [-0.4, -0.2) is 30.1 Å². The molecule has 0 radical (unpaired) electrons. The minimum absolute atomic E-state index is 0.484. The van der Waals surface area contributed by atoms with E-state index in [0.717, 1.165) is 42.4 Å². The van der Waals surface area contributed by atoms with Gasteiger partial charge in [0.15, 0.2) is 6.61 Å². The highest BCUT2D eigenvalue weighted by molar-refractivity contribution is 5.90. The number of anilines is 1. The van der Waals surface area contributed by atoms with Crippen LogP contribution in [0.25, 0.3) is 10.9 Å². The van der Waals surface area contributed by atoms with Crippen LogP contribution in [0, 0.1) is 4.91 Å². The zero-order valence-electron chi connectivity index (χ0n) is 11.7. The number of hydrogen-bond acceptors (Lipinski definition) is 4. The molecule has 1 aromatic carbocycles. The molecular weight excluding hydrogens is 254 g/mol. The van der Waals surface area contributed by atoms with Gasteiger partial charge in [-0.25, -0.2) is 4.84 Å². The quantitative estimate of drug-likeness (QED) is 0.593. The molecule has 2 aromatic rings. The maximum absolute atomic E-state index is 10.5. The molecule has 0 unspecified atom stereocenters. The van der Waals surface area contributed by atoms with Crippen molar-refractivity contribution in [3.63, 3.8) is 0 Å². The van der Waals surface area contributed by atoms with Crippen LogP contribution in [0.5, 0.6) is 0 Å². The number of aromatic nitrogens is 1. The molecule has 0 aliphatic rings. The van der Waals surface area contributed by atoms with Gasteiger partial charge in [0, 0.05) is 23.8 Å². The maximum atomic E-state index is 10.5. The minimum Gasteiger partial charge on any atom is -0.384 e. The van der Waals surface area contributed by atoms with Crippen molar-refractivity contribution in [2.24, 2.45) is 0 Å². The number of nitrogens with one attached hydrogen (secondary N) is 1. The van der Waals surface area contributed by atoms with Gasteiger partial charge in [0.1, 0.15) is 0 Å². The molecule has 106 valence electrons. The van der Waals surface area contributed by atoms with Gasteiger partial charge in [-0.2, -0.15) is 0 Å². The Labute approximate surface area is 118 Å². The largest absolute Gasteiger partial charge is 0.384 e. The Morgan fingerprint density at radius 3 is 2.90 bits per heavy atom. The summed E-state index contributed by atoms with van der Waals surface area (Å²) < 4.78 is 0. The lowest BCUT2D eigenvalue weighted by molar-refractivity contribution is -0.784. The normalized spacial score (nSPS) is 10.4. The van der Waals surface area contributed by atoms with Crippen LogP contribution in [0.3, 0.4) is 0 Å². The molecule has 1 N–H and O–H groups in total. The van der Waals surface area contributed by atoms with E-state index in [1.807, 2.05) is 30.5 Å². The van der Waals surface area contributed by atoms with E-state index in [2.05, 4.69) is 16.4 Å². The molecule has 0 atom stereocenters. The minimum atomic E-state index is 0.484. The summed E-state index contributed by atoms with van der Waals surface area (Å²) in [6.07, 6.45) is 4.79. The summed E-state index contributed by atoms with van der Waals surface area (Å²) in [6.45, 7) is 1.39. The number of fused-ring (bicyclic) bond motifs is 1. The molecule has 0 amide bonds. The van der Waals surface area contributed by atoms with Gasteiger partial charge < -0.3 is 5.32 Å². The molecule has 0 aliphatic heterocycles. The van der Waals surface area contributed by atoms with E-state index in [4.69, 9.17) is 4.84 Å². The third-order valence-electron chi connectivity index (χ3n) is 3.06. The van der Waals surface area contributed by atoms with Gasteiger partial charge in [0.25, 0.3) is 0 Å². The molecule has 5 heteroatoms. The number of benzene rings is 1. The van der Waals surface area contributed by atoms with E-state index in [-0.39, 0.29) is 0 Å². The zero-order chi connectivity index (χ0) is 14.2. The van der Waals surface area contributed by atoms with Crippen molar-refractivity contribution < 1.29 is 9.76 Å². The lowest BCUT2D eigenvalue weighted by Gasteiger charge is -2.08. The maximum Gasteiger partial charge on any atom is 0.239 e. The highest BCUT2D eigenvalue weighted by Gasteiger charge is 2.01. The van der Waals surface area contributed by atoms with E-state index in [0.29, 0.717) is 11.5 Å². The molecule has 0 bridgehead atoms. The summed E-state index contributed by atoms with van der Waals surface area (Å²) in [7, 11) is 1.36. The molecule has 1 heterocycles. The van der Waals surface area contributed by atoms with Crippen molar-refractivity contribution in [1.82, 2.24) is 4.98 Å². The fourth-order valence-electron chi connectivity index (χ4n) is 2.07. The zero-order valence-corrected chi connectivity index (χ0v) is 11.7. The van der Waals surface area contributed by atoms with E-state index in [1.54, 1.807) is 0 Å². The molecule has 2 rings (SSSR count). The fraction of sp³-hybridized carbons (Fsp3) is 0.400. The first-order chi connectivity index (χ1) is 9.77. The Bertz CT molecular complexity index is 567. The Kier molecular flexibility index (Phi) is 5.29. The van der Waals surface area contributed by atoms with E-state index >= 15 is 0 Å². The summed E-state index contributed by atoms with van der Waals surface area (Å²) in [6, 6.07) is 10.1. The molecule has 0 fully saturated rings. The molecular formula is C15H20N3O2+. The molecule has 0 spiro atoms. The van der Waals surface area contributed by atoms with Crippen molar-refractivity contribution in [3.8, 4) is 0 Å².